The molecule has 3 aromatic carbocycles. The number of aliphatic carboxylic acids is 1. The number of anilines is 1. The molecule has 1 fully saturated rings. The van der Waals surface area contributed by atoms with Crippen molar-refractivity contribution in [3.05, 3.63) is 108 Å². The Balaban J connectivity index is 1.51. The van der Waals surface area contributed by atoms with Crippen LogP contribution in [0.4, 0.5) is 10.2 Å². The molecule has 0 aliphatic carbocycles. The number of nitrogens with two attached hydrogens (primary N) is 1. The quantitative estimate of drug-likeness (QED) is 0.0499. The first-order valence-corrected chi connectivity index (χ1v) is 21.4. The zero-order valence-corrected chi connectivity index (χ0v) is 34.0. The Morgan fingerprint density at radius 2 is 1.46 bits per heavy atom. The van der Waals surface area contributed by atoms with Gasteiger partial charge >= 0.3 is 18.0 Å². The molecule has 4 atom stereocenters. The van der Waals surface area contributed by atoms with Crippen LogP contribution in [0.1, 0.15) is 56.5 Å². The number of methoxy groups -OCH3 is 2. The maximum Gasteiger partial charge on any atom is 0.312 e. The highest BCUT2D eigenvalue weighted by Crippen LogP contribution is 2.46. The Kier molecular flexibility index (Phi) is 12.0. The van der Waals surface area contributed by atoms with Gasteiger partial charge in [0, 0.05) is 0 Å². The molecule has 2 aromatic heterocycles. The summed E-state index contributed by atoms with van der Waals surface area (Å²) in [5, 5.41) is 9.06. The second-order valence-corrected chi connectivity index (χ2v) is 20.0. The molecule has 302 valence electrons. The smallest absolute Gasteiger partial charge is 0.312 e. The van der Waals surface area contributed by atoms with Gasteiger partial charge in [0.1, 0.15) is 29.3 Å². The topological polar surface area (TPSA) is 179 Å². The van der Waals surface area contributed by atoms with Crippen LogP contribution in [0.15, 0.2) is 85.2 Å². The molecule has 1 aliphatic rings. The van der Waals surface area contributed by atoms with Crippen LogP contribution in [0, 0.1) is 6.08 Å². The number of fused-ring (bicyclic) bond motifs is 1. The molecule has 16 heteroatoms. The summed E-state index contributed by atoms with van der Waals surface area (Å²) >= 11 is 0. The molecule has 3 heterocycles. The van der Waals surface area contributed by atoms with E-state index in [-0.39, 0.29) is 28.6 Å². The van der Waals surface area contributed by atoms with E-state index in [1.54, 1.807) is 14.2 Å². The minimum absolute atomic E-state index is 0.000622. The van der Waals surface area contributed by atoms with E-state index in [2.05, 4.69) is 48.8 Å². The number of carbonyl (C=O) groups is 2. The number of esters is 1. The van der Waals surface area contributed by atoms with Crippen LogP contribution in [0.25, 0.3) is 11.2 Å². The summed E-state index contributed by atoms with van der Waals surface area (Å²) in [7, 11) is 0.498. The lowest BCUT2D eigenvalue weighted by molar-refractivity contribution is -0.159. The summed E-state index contributed by atoms with van der Waals surface area (Å²) in [5.41, 5.74) is 7.25. The van der Waals surface area contributed by atoms with Gasteiger partial charge in [-0.2, -0.15) is 14.4 Å². The third kappa shape index (κ3) is 8.49. The lowest BCUT2D eigenvalue weighted by atomic mass is 9.80. The lowest BCUT2D eigenvalue weighted by Gasteiger charge is -2.41. The highest BCUT2D eigenvalue weighted by molar-refractivity contribution is 6.74. The number of benzene rings is 3. The Labute approximate surface area is 331 Å². The van der Waals surface area contributed by atoms with Crippen molar-refractivity contribution in [2.45, 2.75) is 81.9 Å². The van der Waals surface area contributed by atoms with Gasteiger partial charge < -0.3 is 39.0 Å². The fourth-order valence-corrected chi connectivity index (χ4v) is 7.97. The van der Waals surface area contributed by atoms with Crippen molar-refractivity contribution < 1.29 is 47.2 Å². The van der Waals surface area contributed by atoms with Gasteiger partial charge in [-0.05, 0) is 59.1 Å². The normalized spacial score (nSPS) is 18.7. The monoisotopic (exact) mass is 801 g/mol. The third-order valence-electron chi connectivity index (χ3n) is 10.7. The largest absolute Gasteiger partial charge is 0.497 e. The van der Waals surface area contributed by atoms with Gasteiger partial charge in [0.25, 0.3) is 0 Å². The SMILES string of the molecule is COc1ccc(C(OC[C@H]2O[C@@H](n3cnc4c(N)nc(F)nc43)C(OC(=O)CCC(=O)O)C2O[Si](C)(C)C(C)(C)C)(c2ccccc2)c2ccc(OC)cc2)cc1. The predicted octanol–water partition coefficient (Wildman–Crippen LogP) is 6.64. The van der Waals surface area contributed by atoms with Crippen LogP contribution >= 0.6 is 0 Å². The molecule has 1 aliphatic heterocycles. The fourth-order valence-electron chi connectivity index (χ4n) is 6.65. The summed E-state index contributed by atoms with van der Waals surface area (Å²) in [4.78, 5) is 36.8. The molecule has 3 N–H and O–H groups in total. The van der Waals surface area contributed by atoms with Gasteiger partial charge in [0.05, 0.1) is 40.0 Å². The molecule has 0 saturated carbocycles. The van der Waals surface area contributed by atoms with Gasteiger partial charge in [-0.3, -0.25) is 14.2 Å². The van der Waals surface area contributed by atoms with Gasteiger partial charge in [0.2, 0.25) is 0 Å². The van der Waals surface area contributed by atoms with E-state index in [9.17, 15) is 19.1 Å². The Morgan fingerprint density at radius 1 is 0.877 bits per heavy atom. The number of nitrogens with zero attached hydrogens (tertiary/aromatic N) is 4. The number of carboxylic acids is 1. The van der Waals surface area contributed by atoms with Crippen LogP contribution < -0.4 is 15.2 Å². The minimum atomic E-state index is -2.69. The summed E-state index contributed by atoms with van der Waals surface area (Å²) in [5.74, 6) is -0.836. The fraction of sp³-hybridized carbons (Fsp3) is 0.390. The molecule has 0 spiro atoms. The molecular weight excluding hydrogens is 754 g/mol. The average Bonchev–Trinajstić information content (AvgIpc) is 3.75. The molecular formula is C41H48FN5O9Si. The predicted molar refractivity (Wildman–Crippen MR) is 211 cm³/mol. The standard InChI is InChI=1S/C41H48FN5O9Si/c1-40(2,3)57(6,7)56-34-30(54-38(35(34)55-32(50)22-21-31(48)49)47-24-44-33-36(43)45-39(42)46-37(33)47)23-53-41(25-11-9-8-10-12-25,26-13-17-28(51-4)18-14-26)27-15-19-29(52-5)20-16-27/h8-20,24,30,34-35,38H,21-23H2,1-7H3,(H,48,49)(H2,43,45,46)/t30-,34?,35?,38-/m1/s1. The van der Waals surface area contributed by atoms with E-state index in [0.717, 1.165) is 16.7 Å². The molecule has 0 radical (unpaired) electrons. The zero-order valence-electron chi connectivity index (χ0n) is 33.0. The maximum absolute atomic E-state index is 14.7. The molecule has 2 unspecified atom stereocenters. The first kappa shape index (κ1) is 41.2. The summed E-state index contributed by atoms with van der Waals surface area (Å²) < 4.78 is 54.4. The number of carboxylic acid groups (broad SMARTS) is 1. The van der Waals surface area contributed by atoms with Crippen molar-refractivity contribution in [1.29, 1.82) is 0 Å². The van der Waals surface area contributed by atoms with Crippen molar-refractivity contribution >= 4 is 37.2 Å². The van der Waals surface area contributed by atoms with E-state index < -0.39 is 69.3 Å². The number of ether oxygens (including phenoxy) is 5. The van der Waals surface area contributed by atoms with E-state index in [0.29, 0.717) is 11.5 Å². The van der Waals surface area contributed by atoms with Crippen LogP contribution in [-0.2, 0) is 33.8 Å². The van der Waals surface area contributed by atoms with Crippen molar-refractivity contribution in [3.63, 3.8) is 0 Å². The number of imidazole rings is 1. The van der Waals surface area contributed by atoms with Gasteiger partial charge in [-0.25, -0.2) is 4.98 Å². The first-order valence-electron chi connectivity index (χ1n) is 18.5. The number of hydrogen-bond donors (Lipinski definition) is 2. The highest BCUT2D eigenvalue weighted by Gasteiger charge is 2.54. The Hall–Kier alpha value is -5.42. The highest BCUT2D eigenvalue weighted by atomic mass is 28.4. The van der Waals surface area contributed by atoms with Crippen molar-refractivity contribution in [2.24, 2.45) is 0 Å². The second kappa shape index (κ2) is 16.6. The molecule has 0 bridgehead atoms. The van der Waals surface area contributed by atoms with E-state index in [1.165, 1.54) is 10.9 Å². The number of aromatic nitrogens is 4. The van der Waals surface area contributed by atoms with Crippen molar-refractivity contribution in [3.8, 4) is 11.5 Å². The number of hydrogen-bond acceptors (Lipinski definition) is 12. The molecule has 6 rings (SSSR count). The van der Waals surface area contributed by atoms with Gasteiger partial charge in [0.15, 0.2) is 37.6 Å². The van der Waals surface area contributed by atoms with Crippen LogP contribution in [-0.4, -0.2) is 84.0 Å². The van der Waals surface area contributed by atoms with Gasteiger partial charge in [-0.15, -0.1) is 0 Å². The lowest BCUT2D eigenvalue weighted by Crippen LogP contribution is -2.51. The van der Waals surface area contributed by atoms with Crippen LogP contribution in [0.3, 0.4) is 0 Å². The van der Waals surface area contributed by atoms with Crippen molar-refractivity contribution in [1.82, 2.24) is 19.5 Å². The van der Waals surface area contributed by atoms with Crippen molar-refractivity contribution in [2.75, 3.05) is 26.6 Å². The Bertz CT molecular complexity index is 2130. The number of rotatable bonds is 15. The third-order valence-corrected chi connectivity index (χ3v) is 15.1. The Morgan fingerprint density at radius 3 is 2.00 bits per heavy atom. The summed E-state index contributed by atoms with van der Waals surface area (Å²) in [6, 6.07) is 24.9. The molecule has 14 nitrogen and oxygen atoms in total. The maximum atomic E-state index is 14.7. The minimum Gasteiger partial charge on any atom is -0.497 e. The summed E-state index contributed by atoms with van der Waals surface area (Å²) in [6.07, 6.45) is -4.87. The first-order chi connectivity index (χ1) is 27.1. The zero-order chi connectivity index (χ0) is 41.1. The average molecular weight is 802 g/mol. The molecule has 57 heavy (non-hydrogen) atoms. The van der Waals surface area contributed by atoms with Crippen LogP contribution in [0.2, 0.25) is 18.1 Å². The van der Waals surface area contributed by atoms with E-state index >= 15 is 0 Å². The number of nitrogen functional groups attached to an aromatic ring is 1. The van der Waals surface area contributed by atoms with E-state index in [1.807, 2.05) is 78.9 Å². The molecule has 0 amide bonds. The van der Waals surface area contributed by atoms with E-state index in [4.69, 9.17) is 33.8 Å². The second-order valence-electron chi connectivity index (χ2n) is 15.3. The van der Waals surface area contributed by atoms with Crippen LogP contribution in [0.5, 0.6) is 11.5 Å². The number of carbonyl (C=O) groups excluding carboxylic acids is 1. The summed E-state index contributed by atoms with van der Waals surface area (Å²) in [6.45, 7) is 10.2. The molecule has 5 aromatic rings. The number of halogens is 1. The van der Waals surface area contributed by atoms with Gasteiger partial charge in [-0.1, -0.05) is 75.4 Å². The molecule has 1 saturated heterocycles.